The number of piperidine rings is 2. The third-order valence-corrected chi connectivity index (χ3v) is 9.66. The van der Waals surface area contributed by atoms with Crippen LogP contribution in [0.1, 0.15) is 57.1 Å². The molecule has 2 saturated heterocycles. The Balaban J connectivity index is 1.47. The summed E-state index contributed by atoms with van der Waals surface area (Å²) < 4.78 is 6.19. The highest BCUT2D eigenvalue weighted by Gasteiger charge is 2.34. The summed E-state index contributed by atoms with van der Waals surface area (Å²) in [6.45, 7) is 6.30. The van der Waals surface area contributed by atoms with Crippen LogP contribution in [-0.4, -0.2) is 111 Å². The van der Waals surface area contributed by atoms with E-state index in [0.717, 1.165) is 37.1 Å². The normalized spacial score (nSPS) is 17.6. The molecule has 0 aliphatic carbocycles. The molecule has 4 atom stereocenters. The molecule has 290 valence electrons. The maximum Gasteiger partial charge on any atom is 0.314 e. The maximum atomic E-state index is 14.1. The largest absolute Gasteiger partial charge is 0.375 e. The van der Waals surface area contributed by atoms with Gasteiger partial charge in [0.15, 0.2) is 0 Å². The fraction of sp³-hybridized carbons (Fsp3) is 0.564. The lowest BCUT2D eigenvalue weighted by atomic mass is 10.00. The van der Waals surface area contributed by atoms with Crippen molar-refractivity contribution in [1.82, 2.24) is 36.8 Å². The van der Waals surface area contributed by atoms with Crippen molar-refractivity contribution in [3.05, 3.63) is 71.8 Å². The van der Waals surface area contributed by atoms with Crippen LogP contribution in [0.4, 0.5) is 4.79 Å². The predicted molar refractivity (Wildman–Crippen MR) is 203 cm³/mol. The molecule has 53 heavy (non-hydrogen) atoms. The number of amides is 6. The van der Waals surface area contributed by atoms with Crippen LogP contribution in [0.3, 0.4) is 0 Å². The summed E-state index contributed by atoms with van der Waals surface area (Å²) in [5.74, 6) is -1.79. The predicted octanol–water partition coefficient (Wildman–Crippen LogP) is 0.988. The lowest BCUT2D eigenvalue weighted by Gasteiger charge is -2.35. The quantitative estimate of drug-likeness (QED) is 0.125. The van der Waals surface area contributed by atoms with Crippen LogP contribution in [-0.2, 0) is 36.8 Å². The molecule has 8 N–H and O–H groups in total. The van der Waals surface area contributed by atoms with E-state index >= 15 is 0 Å². The Hall–Kier alpha value is -4.53. The van der Waals surface area contributed by atoms with Crippen LogP contribution in [0.15, 0.2) is 60.7 Å². The van der Waals surface area contributed by atoms with E-state index in [-0.39, 0.29) is 43.0 Å². The van der Waals surface area contributed by atoms with Crippen molar-refractivity contribution in [2.75, 3.05) is 39.8 Å². The number of nitrogens with zero attached hydrogens (tertiary/aromatic N) is 1. The molecule has 0 spiro atoms. The van der Waals surface area contributed by atoms with Crippen LogP contribution in [0.25, 0.3) is 0 Å². The summed E-state index contributed by atoms with van der Waals surface area (Å²) in [5.41, 5.74) is 8.01. The Labute approximate surface area is 313 Å². The van der Waals surface area contributed by atoms with Gasteiger partial charge in [0.05, 0.1) is 18.8 Å². The van der Waals surface area contributed by atoms with Crippen LogP contribution >= 0.6 is 0 Å². The molecular formula is C39H58N8O6. The summed E-state index contributed by atoms with van der Waals surface area (Å²) in [6.07, 6.45) is 3.46. The van der Waals surface area contributed by atoms with Gasteiger partial charge in [-0.25, -0.2) is 4.79 Å². The molecule has 0 aromatic heterocycles. The first-order valence-corrected chi connectivity index (χ1v) is 18.9. The molecule has 0 unspecified atom stereocenters. The van der Waals surface area contributed by atoms with Crippen LogP contribution < -0.4 is 37.6 Å². The molecule has 0 bridgehead atoms. The van der Waals surface area contributed by atoms with Crippen molar-refractivity contribution in [1.29, 1.82) is 0 Å². The summed E-state index contributed by atoms with van der Waals surface area (Å²) in [5, 5.41) is 17.4. The molecule has 6 amide bonds. The number of rotatable bonds is 17. The second-order valence-electron chi connectivity index (χ2n) is 14.4. The molecule has 0 saturated carbocycles. The zero-order valence-electron chi connectivity index (χ0n) is 31.3. The van der Waals surface area contributed by atoms with Gasteiger partial charge in [0.1, 0.15) is 18.1 Å². The fourth-order valence-corrected chi connectivity index (χ4v) is 6.64. The van der Waals surface area contributed by atoms with Crippen molar-refractivity contribution >= 4 is 29.7 Å². The van der Waals surface area contributed by atoms with Gasteiger partial charge in [-0.05, 0) is 68.7 Å². The van der Waals surface area contributed by atoms with Crippen LogP contribution in [0, 0.1) is 5.92 Å². The van der Waals surface area contributed by atoms with E-state index in [0.29, 0.717) is 38.8 Å². The topological polar surface area (TPSA) is 196 Å². The number of nitrogens with one attached hydrogen (secondary N) is 6. The maximum absolute atomic E-state index is 14.1. The van der Waals surface area contributed by atoms with E-state index in [2.05, 4.69) is 31.9 Å². The summed E-state index contributed by atoms with van der Waals surface area (Å²) in [7, 11) is 1.56. The summed E-state index contributed by atoms with van der Waals surface area (Å²) in [4.78, 5) is 68.9. The Kier molecular flexibility index (Phi) is 16.5. The van der Waals surface area contributed by atoms with Crippen LogP contribution in [0.5, 0.6) is 0 Å². The number of nitrogens with two attached hydrogens (primary N) is 1. The van der Waals surface area contributed by atoms with E-state index in [1.165, 1.54) is 0 Å². The monoisotopic (exact) mass is 734 g/mol. The minimum atomic E-state index is -1.01. The minimum Gasteiger partial charge on any atom is -0.375 e. The number of hydrogen-bond donors (Lipinski definition) is 7. The van der Waals surface area contributed by atoms with Crippen molar-refractivity contribution in [3.8, 4) is 0 Å². The van der Waals surface area contributed by atoms with E-state index < -0.39 is 41.9 Å². The molecule has 0 radical (unpaired) electrons. The first-order chi connectivity index (χ1) is 25.5. The van der Waals surface area contributed by atoms with Gasteiger partial charge in [-0.1, -0.05) is 74.5 Å². The van der Waals surface area contributed by atoms with E-state index in [1.807, 2.05) is 74.5 Å². The standard InChI is InChI=1S/C39H58N8O6/c1-26(2)22-32(45-37(50)33(24-28-12-8-5-9-13-28)44-35(48)31(40)23-27-10-6-4-7-11-27)36(49)46-34(25-53-30-14-18-42-19-15-30)38(51)47-20-16-29(17-21-47)43-39(52)41-3/h4-13,26,29-34,42H,14-25,40H2,1-3H3,(H,44,48)(H,45,50)(H,46,49)(H2,41,43,52)/t31-,32-,33-,34-/m1/s1. The average molecular weight is 735 g/mol. The Bertz CT molecular complexity index is 1460. The molecule has 14 heteroatoms. The van der Waals surface area contributed by atoms with E-state index in [9.17, 15) is 24.0 Å². The highest BCUT2D eigenvalue weighted by atomic mass is 16.5. The second kappa shape index (κ2) is 21.2. The van der Waals surface area contributed by atoms with Gasteiger partial charge in [0.2, 0.25) is 23.6 Å². The lowest BCUT2D eigenvalue weighted by Crippen LogP contribution is -2.60. The molecule has 2 aromatic rings. The second-order valence-corrected chi connectivity index (χ2v) is 14.4. The first kappa shape index (κ1) is 41.2. The molecule has 2 heterocycles. The van der Waals surface area contributed by atoms with Crippen molar-refractivity contribution < 1.29 is 28.7 Å². The number of benzene rings is 2. The van der Waals surface area contributed by atoms with E-state index in [1.54, 1.807) is 11.9 Å². The van der Waals surface area contributed by atoms with Crippen molar-refractivity contribution in [2.24, 2.45) is 11.7 Å². The van der Waals surface area contributed by atoms with Crippen molar-refractivity contribution in [3.63, 3.8) is 0 Å². The zero-order valence-corrected chi connectivity index (χ0v) is 31.3. The highest BCUT2D eigenvalue weighted by Crippen LogP contribution is 2.15. The molecule has 2 fully saturated rings. The number of carbonyl (C=O) groups is 5. The van der Waals surface area contributed by atoms with Gasteiger partial charge in [0, 0.05) is 32.6 Å². The molecule has 2 aliphatic heterocycles. The van der Waals surface area contributed by atoms with Gasteiger partial charge in [0.25, 0.3) is 0 Å². The Morgan fingerprint density at radius 3 is 1.91 bits per heavy atom. The lowest BCUT2D eigenvalue weighted by molar-refractivity contribution is -0.141. The SMILES string of the molecule is CNC(=O)NC1CCN(C(=O)[C@@H](COC2CCNCC2)NC(=O)[C@@H](CC(C)C)NC(=O)[C@@H](Cc2ccccc2)NC(=O)[C@H](N)Cc2ccccc2)CC1. The fourth-order valence-electron chi connectivity index (χ4n) is 6.64. The third kappa shape index (κ3) is 13.8. The molecule has 2 aromatic carbocycles. The highest BCUT2D eigenvalue weighted by molar-refractivity contribution is 5.95. The minimum absolute atomic E-state index is 0.0134. The van der Waals surface area contributed by atoms with Gasteiger partial charge in [-0.2, -0.15) is 0 Å². The van der Waals surface area contributed by atoms with Gasteiger partial charge in [-0.15, -0.1) is 0 Å². The van der Waals surface area contributed by atoms with Gasteiger partial charge in [-0.3, -0.25) is 19.2 Å². The Morgan fingerprint density at radius 1 is 0.774 bits per heavy atom. The molecule has 4 rings (SSSR count). The molecule has 14 nitrogen and oxygen atoms in total. The first-order valence-electron chi connectivity index (χ1n) is 18.9. The number of ether oxygens (including phenoxy) is 1. The summed E-state index contributed by atoms with van der Waals surface area (Å²) in [6, 6.07) is 14.5. The average Bonchev–Trinajstić information content (AvgIpc) is 3.16. The van der Waals surface area contributed by atoms with E-state index in [4.69, 9.17) is 10.5 Å². The Morgan fingerprint density at radius 2 is 1.32 bits per heavy atom. The van der Waals surface area contributed by atoms with Gasteiger partial charge >= 0.3 is 6.03 Å². The molecular weight excluding hydrogens is 676 g/mol. The molecule has 2 aliphatic rings. The summed E-state index contributed by atoms with van der Waals surface area (Å²) >= 11 is 0. The number of urea groups is 1. The third-order valence-electron chi connectivity index (χ3n) is 9.66. The number of hydrogen-bond acceptors (Lipinski definition) is 8. The smallest absolute Gasteiger partial charge is 0.314 e. The van der Waals surface area contributed by atoms with Crippen molar-refractivity contribution in [2.45, 2.75) is 95.1 Å². The number of carbonyl (C=O) groups excluding carboxylic acids is 5. The number of likely N-dealkylation sites (tertiary alicyclic amines) is 1. The van der Waals surface area contributed by atoms with Gasteiger partial charge < -0.3 is 47.3 Å². The van der Waals surface area contributed by atoms with Crippen LogP contribution in [0.2, 0.25) is 0 Å². The zero-order chi connectivity index (χ0) is 38.2.